The first kappa shape index (κ1) is 13.7. The molecular formula is C14H20N2O3. The Kier molecular flexibility index (Phi) is 5.03. The summed E-state index contributed by atoms with van der Waals surface area (Å²) in [6, 6.07) is 5.48. The van der Waals surface area contributed by atoms with Crippen molar-refractivity contribution >= 4 is 11.6 Å². The van der Waals surface area contributed by atoms with Gasteiger partial charge in [0, 0.05) is 31.1 Å². The first-order valence-electron chi connectivity index (χ1n) is 6.70. The lowest BCUT2D eigenvalue weighted by Crippen LogP contribution is -2.21. The average Bonchev–Trinajstić information content (AvgIpc) is 2.63. The molecule has 1 amide bonds. The SMILES string of the molecule is CCNCCC(=O)Nc1ccc2c(c1)OCCCO2. The van der Waals surface area contributed by atoms with E-state index in [1.807, 2.05) is 25.1 Å². The molecule has 0 saturated heterocycles. The van der Waals surface area contributed by atoms with Gasteiger partial charge in [-0.15, -0.1) is 0 Å². The second-order valence-electron chi connectivity index (χ2n) is 4.36. The molecule has 1 heterocycles. The minimum absolute atomic E-state index is 0.00422. The van der Waals surface area contributed by atoms with Crippen molar-refractivity contribution in [2.24, 2.45) is 0 Å². The minimum Gasteiger partial charge on any atom is -0.490 e. The molecule has 0 aromatic heterocycles. The molecule has 0 unspecified atom stereocenters. The van der Waals surface area contributed by atoms with Crippen LogP contribution in [0.3, 0.4) is 0 Å². The zero-order valence-corrected chi connectivity index (χ0v) is 11.2. The van der Waals surface area contributed by atoms with Crippen LogP contribution in [-0.2, 0) is 4.79 Å². The number of carbonyl (C=O) groups is 1. The Morgan fingerprint density at radius 1 is 1.26 bits per heavy atom. The molecule has 1 aliphatic heterocycles. The third kappa shape index (κ3) is 4.13. The maximum Gasteiger partial charge on any atom is 0.225 e. The Morgan fingerprint density at radius 3 is 2.84 bits per heavy atom. The molecule has 19 heavy (non-hydrogen) atoms. The summed E-state index contributed by atoms with van der Waals surface area (Å²) in [6.45, 7) is 4.89. The van der Waals surface area contributed by atoms with Crippen molar-refractivity contribution in [3.63, 3.8) is 0 Å². The normalized spacial score (nSPS) is 13.7. The van der Waals surface area contributed by atoms with Gasteiger partial charge < -0.3 is 20.1 Å². The van der Waals surface area contributed by atoms with Crippen molar-refractivity contribution in [1.82, 2.24) is 5.32 Å². The summed E-state index contributed by atoms with van der Waals surface area (Å²) in [5.41, 5.74) is 0.741. The molecule has 1 aliphatic rings. The second kappa shape index (κ2) is 6.99. The van der Waals surface area contributed by atoms with E-state index in [0.29, 0.717) is 31.9 Å². The number of rotatable bonds is 5. The molecule has 0 bridgehead atoms. The topological polar surface area (TPSA) is 59.6 Å². The maximum atomic E-state index is 11.7. The molecule has 1 aromatic rings. The molecule has 1 aromatic carbocycles. The van der Waals surface area contributed by atoms with Crippen molar-refractivity contribution in [1.29, 1.82) is 0 Å². The highest BCUT2D eigenvalue weighted by molar-refractivity contribution is 5.91. The third-order valence-electron chi connectivity index (χ3n) is 2.81. The monoisotopic (exact) mass is 264 g/mol. The van der Waals surface area contributed by atoms with Crippen LogP contribution in [0.25, 0.3) is 0 Å². The fraction of sp³-hybridized carbons (Fsp3) is 0.500. The van der Waals surface area contributed by atoms with Gasteiger partial charge in [0.15, 0.2) is 11.5 Å². The van der Waals surface area contributed by atoms with Gasteiger partial charge in [-0.1, -0.05) is 6.92 Å². The molecule has 0 atom stereocenters. The lowest BCUT2D eigenvalue weighted by Gasteiger charge is -2.10. The van der Waals surface area contributed by atoms with Gasteiger partial charge in [-0.2, -0.15) is 0 Å². The van der Waals surface area contributed by atoms with Gasteiger partial charge in [0.05, 0.1) is 13.2 Å². The highest BCUT2D eigenvalue weighted by Crippen LogP contribution is 2.32. The first-order chi connectivity index (χ1) is 9.29. The molecule has 0 saturated carbocycles. The number of benzene rings is 1. The number of carbonyl (C=O) groups excluding carboxylic acids is 1. The highest BCUT2D eigenvalue weighted by atomic mass is 16.5. The molecule has 2 rings (SSSR count). The molecule has 5 heteroatoms. The number of fused-ring (bicyclic) bond motifs is 1. The lowest BCUT2D eigenvalue weighted by atomic mass is 10.2. The van der Waals surface area contributed by atoms with Gasteiger partial charge in [0.2, 0.25) is 5.91 Å². The van der Waals surface area contributed by atoms with E-state index >= 15 is 0 Å². The van der Waals surface area contributed by atoms with Crippen LogP contribution in [0.2, 0.25) is 0 Å². The predicted molar refractivity (Wildman–Crippen MR) is 73.8 cm³/mol. The Balaban J connectivity index is 1.94. The zero-order valence-electron chi connectivity index (χ0n) is 11.2. The smallest absolute Gasteiger partial charge is 0.225 e. The predicted octanol–water partition coefficient (Wildman–Crippen LogP) is 1.79. The number of anilines is 1. The quantitative estimate of drug-likeness (QED) is 0.796. The number of ether oxygens (including phenoxy) is 2. The zero-order chi connectivity index (χ0) is 13.5. The van der Waals surface area contributed by atoms with Crippen molar-refractivity contribution in [3.8, 4) is 11.5 Å². The fourth-order valence-corrected chi connectivity index (χ4v) is 1.84. The van der Waals surface area contributed by atoms with Crippen molar-refractivity contribution in [2.75, 3.05) is 31.6 Å². The summed E-state index contributed by atoms with van der Waals surface area (Å²) in [5.74, 6) is 1.43. The van der Waals surface area contributed by atoms with Crippen LogP contribution < -0.4 is 20.1 Å². The van der Waals surface area contributed by atoms with Gasteiger partial charge in [0.25, 0.3) is 0 Å². The molecule has 104 valence electrons. The van der Waals surface area contributed by atoms with Crippen LogP contribution in [0.1, 0.15) is 19.8 Å². The van der Waals surface area contributed by atoms with Crippen LogP contribution in [0, 0.1) is 0 Å². The fourth-order valence-electron chi connectivity index (χ4n) is 1.84. The largest absolute Gasteiger partial charge is 0.490 e. The molecular weight excluding hydrogens is 244 g/mol. The standard InChI is InChI=1S/C14H20N2O3/c1-2-15-7-6-14(17)16-11-4-5-12-13(10-11)19-9-3-8-18-12/h4-5,10,15H,2-3,6-9H2,1H3,(H,16,17). The molecule has 0 aliphatic carbocycles. The second-order valence-corrected chi connectivity index (χ2v) is 4.36. The number of hydrogen-bond acceptors (Lipinski definition) is 4. The molecule has 2 N–H and O–H groups in total. The van der Waals surface area contributed by atoms with E-state index in [1.54, 1.807) is 0 Å². The van der Waals surface area contributed by atoms with Gasteiger partial charge in [-0.05, 0) is 18.7 Å². The number of nitrogens with one attached hydrogen (secondary N) is 2. The molecule has 0 fully saturated rings. The van der Waals surface area contributed by atoms with E-state index in [-0.39, 0.29) is 5.91 Å². The molecule has 5 nitrogen and oxygen atoms in total. The van der Waals surface area contributed by atoms with E-state index < -0.39 is 0 Å². The molecule has 0 spiro atoms. The van der Waals surface area contributed by atoms with Crippen LogP contribution in [-0.4, -0.2) is 32.2 Å². The minimum atomic E-state index is -0.00422. The Labute approximate surface area is 113 Å². The van der Waals surface area contributed by atoms with Crippen LogP contribution in [0.5, 0.6) is 11.5 Å². The van der Waals surface area contributed by atoms with Gasteiger partial charge in [-0.25, -0.2) is 0 Å². The van der Waals surface area contributed by atoms with Crippen LogP contribution in [0.4, 0.5) is 5.69 Å². The van der Waals surface area contributed by atoms with Gasteiger partial charge in [0.1, 0.15) is 0 Å². The van der Waals surface area contributed by atoms with E-state index in [0.717, 1.165) is 24.4 Å². The van der Waals surface area contributed by atoms with Crippen molar-refractivity contribution in [3.05, 3.63) is 18.2 Å². The third-order valence-corrected chi connectivity index (χ3v) is 2.81. The lowest BCUT2D eigenvalue weighted by molar-refractivity contribution is -0.116. The summed E-state index contributed by atoms with van der Waals surface area (Å²) < 4.78 is 11.1. The summed E-state index contributed by atoms with van der Waals surface area (Å²) in [7, 11) is 0. The van der Waals surface area contributed by atoms with E-state index in [4.69, 9.17) is 9.47 Å². The molecule has 0 radical (unpaired) electrons. The van der Waals surface area contributed by atoms with Crippen LogP contribution >= 0.6 is 0 Å². The maximum absolute atomic E-state index is 11.7. The Morgan fingerprint density at radius 2 is 2.05 bits per heavy atom. The van der Waals surface area contributed by atoms with Crippen molar-refractivity contribution < 1.29 is 14.3 Å². The summed E-state index contributed by atoms with van der Waals surface area (Å²) in [5, 5.41) is 5.97. The summed E-state index contributed by atoms with van der Waals surface area (Å²) in [4.78, 5) is 11.7. The number of hydrogen-bond donors (Lipinski definition) is 2. The van der Waals surface area contributed by atoms with E-state index in [9.17, 15) is 4.79 Å². The summed E-state index contributed by atoms with van der Waals surface area (Å²) >= 11 is 0. The van der Waals surface area contributed by atoms with Gasteiger partial charge in [-0.3, -0.25) is 4.79 Å². The van der Waals surface area contributed by atoms with Crippen LogP contribution in [0.15, 0.2) is 18.2 Å². The highest BCUT2D eigenvalue weighted by Gasteiger charge is 2.11. The summed E-state index contributed by atoms with van der Waals surface area (Å²) in [6.07, 6.45) is 1.33. The van der Waals surface area contributed by atoms with E-state index in [1.165, 1.54) is 0 Å². The van der Waals surface area contributed by atoms with E-state index in [2.05, 4.69) is 10.6 Å². The average molecular weight is 264 g/mol. The van der Waals surface area contributed by atoms with Gasteiger partial charge >= 0.3 is 0 Å². The first-order valence-corrected chi connectivity index (χ1v) is 6.70. The number of amides is 1. The Hall–Kier alpha value is -1.75. The van der Waals surface area contributed by atoms with Crippen molar-refractivity contribution in [2.45, 2.75) is 19.8 Å². The Bertz CT molecular complexity index is 435.